The summed E-state index contributed by atoms with van der Waals surface area (Å²) in [5, 5.41) is 14.5. The molecule has 3 rings (SSSR count). The molecule has 2 heterocycles. The van der Waals surface area contributed by atoms with Crippen molar-refractivity contribution in [1.29, 1.82) is 0 Å². The molecule has 0 saturated carbocycles. The topological polar surface area (TPSA) is 117 Å². The smallest absolute Gasteiger partial charge is 0.259 e. The third-order valence-electron chi connectivity index (χ3n) is 2.89. The number of carbonyl (C=O) groups is 1. The maximum atomic E-state index is 12.4. The number of aromatic nitrogens is 3. The first-order valence-electron chi connectivity index (χ1n) is 6.59. The highest BCUT2D eigenvalue weighted by Gasteiger charge is 2.13. The molecule has 0 aliphatic heterocycles. The van der Waals surface area contributed by atoms with Gasteiger partial charge >= 0.3 is 0 Å². The van der Waals surface area contributed by atoms with Crippen molar-refractivity contribution in [3.05, 3.63) is 47.2 Å². The Morgan fingerprint density at radius 3 is 3.04 bits per heavy atom. The van der Waals surface area contributed by atoms with Crippen LogP contribution in [-0.2, 0) is 6.61 Å². The van der Waals surface area contributed by atoms with Crippen LogP contribution in [0.2, 0.25) is 0 Å². The van der Waals surface area contributed by atoms with Gasteiger partial charge < -0.3 is 15.8 Å². The van der Waals surface area contributed by atoms with Crippen molar-refractivity contribution in [2.75, 3.05) is 11.1 Å². The Labute approximate surface area is 140 Å². The van der Waals surface area contributed by atoms with Crippen molar-refractivity contribution in [1.82, 2.24) is 15.0 Å². The fourth-order valence-corrected chi connectivity index (χ4v) is 3.29. The number of hydrogen-bond donors (Lipinski definition) is 4. The highest BCUT2D eigenvalue weighted by Crippen LogP contribution is 2.28. The van der Waals surface area contributed by atoms with Crippen LogP contribution < -0.4 is 11.1 Å². The lowest BCUT2D eigenvalue weighted by molar-refractivity contribution is 0.102. The standard InChI is InChI=1S/C14H13N5O2S2/c15-11-2-1-9(23-13-16-3-4-17-13)5-10(11)12(21)19-14-18-8(6-20)7-22-14/h1-5,7,20H,6,15H2,(H,16,17)(H,18,19,21). The molecular formula is C14H13N5O2S2. The van der Waals surface area contributed by atoms with Gasteiger partial charge in [0.1, 0.15) is 0 Å². The van der Waals surface area contributed by atoms with E-state index in [-0.39, 0.29) is 12.5 Å². The number of amides is 1. The van der Waals surface area contributed by atoms with Gasteiger partial charge in [-0.3, -0.25) is 10.1 Å². The highest BCUT2D eigenvalue weighted by atomic mass is 32.2. The second-order valence-corrected chi connectivity index (χ2v) is 6.42. The van der Waals surface area contributed by atoms with E-state index in [1.807, 2.05) is 6.07 Å². The maximum absolute atomic E-state index is 12.4. The average Bonchev–Trinajstić information content (AvgIpc) is 3.20. The number of aliphatic hydroxyl groups is 1. The number of rotatable bonds is 5. The van der Waals surface area contributed by atoms with Crippen LogP contribution in [0, 0.1) is 0 Å². The molecule has 0 aliphatic rings. The van der Waals surface area contributed by atoms with Crippen molar-refractivity contribution in [3.63, 3.8) is 0 Å². The van der Waals surface area contributed by atoms with Gasteiger partial charge in [-0.1, -0.05) is 11.8 Å². The van der Waals surface area contributed by atoms with Crippen LogP contribution in [0.1, 0.15) is 16.1 Å². The van der Waals surface area contributed by atoms with Crippen LogP contribution in [0.15, 0.2) is 46.0 Å². The predicted octanol–water partition coefficient (Wildman–Crippen LogP) is 2.34. The minimum absolute atomic E-state index is 0.163. The van der Waals surface area contributed by atoms with Gasteiger partial charge in [0.15, 0.2) is 10.3 Å². The summed E-state index contributed by atoms with van der Waals surface area (Å²) in [5.41, 5.74) is 7.16. The van der Waals surface area contributed by atoms with Crippen LogP contribution in [0.25, 0.3) is 0 Å². The molecule has 7 nitrogen and oxygen atoms in total. The SMILES string of the molecule is Nc1ccc(Sc2ncc[nH]2)cc1C(=O)Nc1nc(CO)cs1. The number of nitrogens with two attached hydrogens (primary N) is 1. The van der Waals surface area contributed by atoms with Gasteiger partial charge in [-0.15, -0.1) is 11.3 Å². The maximum Gasteiger partial charge on any atom is 0.259 e. The molecule has 0 spiro atoms. The van der Waals surface area contributed by atoms with Crippen molar-refractivity contribution in [3.8, 4) is 0 Å². The molecule has 0 unspecified atom stereocenters. The number of imidazole rings is 1. The van der Waals surface area contributed by atoms with Gasteiger partial charge in [0.25, 0.3) is 5.91 Å². The predicted molar refractivity (Wildman–Crippen MR) is 89.6 cm³/mol. The largest absolute Gasteiger partial charge is 0.398 e. The molecular weight excluding hydrogens is 334 g/mol. The van der Waals surface area contributed by atoms with Gasteiger partial charge in [-0.05, 0) is 18.2 Å². The molecule has 0 aliphatic carbocycles. The minimum atomic E-state index is -0.344. The van der Waals surface area contributed by atoms with Gasteiger partial charge in [-0.25, -0.2) is 9.97 Å². The van der Waals surface area contributed by atoms with E-state index in [1.165, 1.54) is 23.1 Å². The van der Waals surface area contributed by atoms with E-state index in [0.29, 0.717) is 22.1 Å². The first-order chi connectivity index (χ1) is 11.2. The number of hydrogen-bond acceptors (Lipinski definition) is 7. The van der Waals surface area contributed by atoms with Crippen molar-refractivity contribution >= 4 is 39.8 Å². The second kappa shape index (κ2) is 6.82. The summed E-state index contributed by atoms with van der Waals surface area (Å²) in [6.45, 7) is -0.163. The number of carbonyl (C=O) groups excluding carboxylic acids is 1. The van der Waals surface area contributed by atoms with Gasteiger partial charge in [0, 0.05) is 28.4 Å². The Morgan fingerprint density at radius 2 is 2.35 bits per heavy atom. The fourth-order valence-electron chi connectivity index (χ4n) is 1.82. The molecule has 5 N–H and O–H groups in total. The summed E-state index contributed by atoms with van der Waals surface area (Å²) in [4.78, 5) is 24.4. The summed E-state index contributed by atoms with van der Waals surface area (Å²) in [6.07, 6.45) is 3.39. The van der Waals surface area contributed by atoms with Crippen molar-refractivity contribution in [2.24, 2.45) is 0 Å². The highest BCUT2D eigenvalue weighted by molar-refractivity contribution is 7.99. The van der Waals surface area contributed by atoms with Gasteiger partial charge in [0.05, 0.1) is 17.9 Å². The van der Waals surface area contributed by atoms with E-state index in [0.717, 1.165) is 10.1 Å². The molecule has 1 aromatic carbocycles. The monoisotopic (exact) mass is 347 g/mol. The van der Waals surface area contributed by atoms with Crippen LogP contribution in [0.5, 0.6) is 0 Å². The van der Waals surface area contributed by atoms with Crippen molar-refractivity contribution < 1.29 is 9.90 Å². The van der Waals surface area contributed by atoms with Crippen LogP contribution in [0.4, 0.5) is 10.8 Å². The summed E-state index contributed by atoms with van der Waals surface area (Å²) in [7, 11) is 0. The van der Waals surface area contributed by atoms with E-state index >= 15 is 0 Å². The van der Waals surface area contributed by atoms with E-state index in [1.54, 1.807) is 29.9 Å². The summed E-state index contributed by atoms with van der Waals surface area (Å²) in [6, 6.07) is 5.21. The summed E-state index contributed by atoms with van der Waals surface area (Å²) >= 11 is 2.65. The number of thiazole rings is 1. The Balaban J connectivity index is 1.78. The van der Waals surface area contributed by atoms with E-state index < -0.39 is 0 Å². The zero-order valence-corrected chi connectivity index (χ0v) is 13.4. The Bertz CT molecular complexity index is 816. The zero-order chi connectivity index (χ0) is 16.2. The van der Waals surface area contributed by atoms with Crippen LogP contribution in [0.3, 0.4) is 0 Å². The number of H-pyrrole nitrogens is 1. The molecule has 3 aromatic rings. The number of aliphatic hydroxyl groups excluding tert-OH is 1. The third-order valence-corrected chi connectivity index (χ3v) is 4.60. The van der Waals surface area contributed by atoms with Crippen LogP contribution in [-0.4, -0.2) is 26.0 Å². The number of nitrogens with one attached hydrogen (secondary N) is 2. The Hall–Kier alpha value is -2.36. The molecule has 0 fully saturated rings. The number of nitrogen functional groups attached to an aromatic ring is 1. The van der Waals surface area contributed by atoms with Gasteiger partial charge in [0.2, 0.25) is 0 Å². The molecule has 2 aromatic heterocycles. The number of benzene rings is 1. The molecule has 0 bridgehead atoms. The normalized spacial score (nSPS) is 10.7. The first-order valence-corrected chi connectivity index (χ1v) is 8.28. The molecule has 0 atom stereocenters. The number of anilines is 2. The third kappa shape index (κ3) is 3.70. The minimum Gasteiger partial charge on any atom is -0.398 e. The molecule has 1 amide bonds. The van der Waals surface area contributed by atoms with Crippen molar-refractivity contribution in [2.45, 2.75) is 16.7 Å². The first kappa shape index (κ1) is 15.5. The summed E-state index contributed by atoms with van der Waals surface area (Å²) < 4.78 is 0. The molecule has 0 saturated heterocycles. The zero-order valence-electron chi connectivity index (χ0n) is 11.8. The average molecular weight is 347 g/mol. The summed E-state index contributed by atoms with van der Waals surface area (Å²) in [5.74, 6) is -0.344. The lowest BCUT2D eigenvalue weighted by Crippen LogP contribution is -2.14. The van der Waals surface area contributed by atoms with E-state index in [2.05, 4.69) is 20.3 Å². The lowest BCUT2D eigenvalue weighted by Gasteiger charge is -2.07. The molecule has 0 radical (unpaired) electrons. The van der Waals surface area contributed by atoms with E-state index in [4.69, 9.17) is 10.8 Å². The molecule has 118 valence electrons. The lowest BCUT2D eigenvalue weighted by atomic mass is 10.1. The Kier molecular flexibility index (Phi) is 4.60. The second-order valence-electron chi connectivity index (χ2n) is 4.50. The van der Waals surface area contributed by atoms with E-state index in [9.17, 15) is 4.79 Å². The fraction of sp³-hybridized carbons (Fsp3) is 0.0714. The molecule has 23 heavy (non-hydrogen) atoms. The van der Waals surface area contributed by atoms with Crippen LogP contribution >= 0.6 is 23.1 Å². The Morgan fingerprint density at radius 1 is 1.48 bits per heavy atom. The number of nitrogens with zero attached hydrogens (tertiary/aromatic N) is 2. The van der Waals surface area contributed by atoms with Gasteiger partial charge in [-0.2, -0.15) is 0 Å². The quantitative estimate of drug-likeness (QED) is 0.526. The molecule has 9 heteroatoms. The number of aromatic amines is 1.